The van der Waals surface area contributed by atoms with Gasteiger partial charge < -0.3 is 9.73 Å². The lowest BCUT2D eigenvalue weighted by molar-refractivity contribution is 0.446. The van der Waals surface area contributed by atoms with Crippen LogP contribution in [0.1, 0.15) is 54.7 Å². The van der Waals surface area contributed by atoms with E-state index in [0.717, 1.165) is 18.7 Å². The van der Waals surface area contributed by atoms with Crippen molar-refractivity contribution in [1.29, 1.82) is 0 Å². The largest absolute Gasteiger partial charge is 0.467 e. The van der Waals surface area contributed by atoms with Crippen molar-refractivity contribution < 1.29 is 4.42 Å². The molecule has 0 saturated carbocycles. The molecule has 1 aromatic heterocycles. The molecule has 1 aliphatic carbocycles. The predicted octanol–water partition coefficient (Wildman–Crippen LogP) is 4.25. The summed E-state index contributed by atoms with van der Waals surface area (Å²) in [6.07, 6.45) is 8.01. The van der Waals surface area contributed by atoms with Crippen LogP contribution in [0.4, 0.5) is 0 Å². The number of rotatable bonds is 5. The van der Waals surface area contributed by atoms with Gasteiger partial charge in [0.15, 0.2) is 0 Å². The molecule has 1 unspecified atom stereocenters. The van der Waals surface area contributed by atoms with Gasteiger partial charge in [-0.05, 0) is 67.5 Å². The fraction of sp³-hybridized carbons (Fsp3) is 0.444. The fourth-order valence-corrected chi connectivity index (χ4v) is 3.06. The van der Waals surface area contributed by atoms with Crippen LogP contribution in [0.25, 0.3) is 0 Å². The van der Waals surface area contributed by atoms with E-state index in [4.69, 9.17) is 4.42 Å². The molecule has 2 aromatic rings. The standard InChI is InChI=1S/C18H23NO/c1-2-11-19-18(17-8-5-12-20-17)16-10-9-14-6-3-4-7-15(14)13-16/h5,8-10,12-13,18-19H,2-4,6-7,11H2,1H3. The summed E-state index contributed by atoms with van der Waals surface area (Å²) in [5, 5.41) is 3.60. The van der Waals surface area contributed by atoms with Crippen molar-refractivity contribution in [2.75, 3.05) is 6.54 Å². The molecule has 1 atom stereocenters. The van der Waals surface area contributed by atoms with Gasteiger partial charge in [0, 0.05) is 0 Å². The van der Waals surface area contributed by atoms with Crippen molar-refractivity contribution >= 4 is 0 Å². The van der Waals surface area contributed by atoms with Crippen molar-refractivity contribution in [2.45, 2.75) is 45.1 Å². The first-order valence-corrected chi connectivity index (χ1v) is 7.77. The molecule has 1 aliphatic rings. The number of nitrogens with one attached hydrogen (secondary N) is 1. The van der Waals surface area contributed by atoms with Gasteiger partial charge >= 0.3 is 0 Å². The van der Waals surface area contributed by atoms with Crippen molar-refractivity contribution in [3.05, 3.63) is 59.0 Å². The minimum Gasteiger partial charge on any atom is -0.467 e. The summed E-state index contributed by atoms with van der Waals surface area (Å²) < 4.78 is 5.63. The second-order valence-corrected chi connectivity index (χ2v) is 5.64. The van der Waals surface area contributed by atoms with Gasteiger partial charge in [-0.1, -0.05) is 25.1 Å². The average Bonchev–Trinajstić information content (AvgIpc) is 3.02. The van der Waals surface area contributed by atoms with E-state index >= 15 is 0 Å². The second kappa shape index (κ2) is 6.27. The lowest BCUT2D eigenvalue weighted by Crippen LogP contribution is -2.23. The van der Waals surface area contributed by atoms with E-state index in [-0.39, 0.29) is 6.04 Å². The summed E-state index contributed by atoms with van der Waals surface area (Å²) in [7, 11) is 0. The van der Waals surface area contributed by atoms with Gasteiger partial charge in [-0.3, -0.25) is 0 Å². The zero-order valence-electron chi connectivity index (χ0n) is 12.2. The minimum absolute atomic E-state index is 0.178. The summed E-state index contributed by atoms with van der Waals surface area (Å²) >= 11 is 0. The summed E-state index contributed by atoms with van der Waals surface area (Å²) in [4.78, 5) is 0. The average molecular weight is 269 g/mol. The van der Waals surface area contributed by atoms with Crippen LogP contribution < -0.4 is 5.32 Å². The maximum atomic E-state index is 5.63. The number of furan rings is 1. The molecule has 20 heavy (non-hydrogen) atoms. The van der Waals surface area contributed by atoms with Crippen LogP contribution in [0.15, 0.2) is 41.0 Å². The molecule has 2 heteroatoms. The topological polar surface area (TPSA) is 25.2 Å². The van der Waals surface area contributed by atoms with E-state index in [2.05, 4.69) is 36.5 Å². The van der Waals surface area contributed by atoms with Crippen molar-refractivity contribution in [1.82, 2.24) is 5.32 Å². The lowest BCUT2D eigenvalue weighted by Gasteiger charge is -2.21. The van der Waals surface area contributed by atoms with Crippen LogP contribution in [-0.2, 0) is 12.8 Å². The van der Waals surface area contributed by atoms with Gasteiger partial charge in [0.1, 0.15) is 5.76 Å². The summed E-state index contributed by atoms with van der Waals surface area (Å²) in [6, 6.07) is 11.2. The smallest absolute Gasteiger partial charge is 0.125 e. The summed E-state index contributed by atoms with van der Waals surface area (Å²) in [6.45, 7) is 3.20. The molecule has 0 amide bonds. The lowest BCUT2D eigenvalue weighted by atomic mass is 9.89. The van der Waals surface area contributed by atoms with Crippen LogP contribution in [0.2, 0.25) is 0 Å². The quantitative estimate of drug-likeness (QED) is 0.878. The highest BCUT2D eigenvalue weighted by Crippen LogP contribution is 2.28. The molecule has 0 bridgehead atoms. The van der Waals surface area contributed by atoms with Gasteiger partial charge in [0.05, 0.1) is 12.3 Å². The number of hydrogen-bond acceptors (Lipinski definition) is 2. The van der Waals surface area contributed by atoms with Crippen LogP contribution in [-0.4, -0.2) is 6.54 Å². The van der Waals surface area contributed by atoms with Crippen LogP contribution in [0, 0.1) is 0 Å². The Kier molecular flexibility index (Phi) is 4.22. The Morgan fingerprint density at radius 2 is 2.00 bits per heavy atom. The maximum Gasteiger partial charge on any atom is 0.125 e. The van der Waals surface area contributed by atoms with E-state index in [1.54, 1.807) is 6.26 Å². The Morgan fingerprint density at radius 1 is 1.15 bits per heavy atom. The van der Waals surface area contributed by atoms with Gasteiger partial charge in [-0.15, -0.1) is 0 Å². The first-order valence-electron chi connectivity index (χ1n) is 7.77. The minimum atomic E-state index is 0.178. The predicted molar refractivity (Wildman–Crippen MR) is 81.9 cm³/mol. The summed E-state index contributed by atoms with van der Waals surface area (Å²) in [5.41, 5.74) is 4.39. The summed E-state index contributed by atoms with van der Waals surface area (Å²) in [5.74, 6) is 1.01. The van der Waals surface area contributed by atoms with E-state index < -0.39 is 0 Å². The van der Waals surface area contributed by atoms with E-state index in [9.17, 15) is 0 Å². The first-order chi connectivity index (χ1) is 9.88. The zero-order valence-corrected chi connectivity index (χ0v) is 12.2. The number of hydrogen-bond donors (Lipinski definition) is 1. The molecule has 2 nitrogen and oxygen atoms in total. The van der Waals surface area contributed by atoms with Gasteiger partial charge in [-0.2, -0.15) is 0 Å². The molecular formula is C18H23NO. The normalized spacial score (nSPS) is 15.8. The zero-order chi connectivity index (χ0) is 13.8. The Morgan fingerprint density at radius 3 is 2.75 bits per heavy atom. The van der Waals surface area contributed by atoms with Crippen LogP contribution in [0.3, 0.4) is 0 Å². The molecule has 1 N–H and O–H groups in total. The fourth-order valence-electron chi connectivity index (χ4n) is 3.06. The molecule has 3 rings (SSSR count). The number of aryl methyl sites for hydroxylation is 2. The van der Waals surface area contributed by atoms with Crippen molar-refractivity contribution in [3.63, 3.8) is 0 Å². The Labute approximate surface area is 121 Å². The molecule has 106 valence electrons. The van der Waals surface area contributed by atoms with E-state index in [1.807, 2.05) is 6.07 Å². The Balaban J connectivity index is 1.90. The number of benzene rings is 1. The molecule has 0 radical (unpaired) electrons. The van der Waals surface area contributed by atoms with Gasteiger partial charge in [0.2, 0.25) is 0 Å². The Hall–Kier alpha value is -1.54. The highest BCUT2D eigenvalue weighted by Gasteiger charge is 2.18. The molecule has 0 fully saturated rings. The molecular weight excluding hydrogens is 246 g/mol. The first kappa shape index (κ1) is 13.4. The third kappa shape index (κ3) is 2.80. The maximum absolute atomic E-state index is 5.63. The molecule has 0 aliphatic heterocycles. The molecule has 0 saturated heterocycles. The second-order valence-electron chi connectivity index (χ2n) is 5.64. The third-order valence-corrected chi connectivity index (χ3v) is 4.13. The van der Waals surface area contributed by atoms with E-state index in [1.165, 1.54) is 42.4 Å². The van der Waals surface area contributed by atoms with Crippen molar-refractivity contribution in [2.24, 2.45) is 0 Å². The van der Waals surface area contributed by atoms with Crippen LogP contribution in [0.5, 0.6) is 0 Å². The number of fused-ring (bicyclic) bond motifs is 1. The van der Waals surface area contributed by atoms with Crippen molar-refractivity contribution in [3.8, 4) is 0 Å². The molecule has 1 aromatic carbocycles. The molecule has 1 heterocycles. The SMILES string of the molecule is CCCNC(c1ccc2c(c1)CCCC2)c1ccco1. The highest BCUT2D eigenvalue weighted by atomic mass is 16.3. The van der Waals surface area contributed by atoms with E-state index in [0.29, 0.717) is 0 Å². The van der Waals surface area contributed by atoms with Crippen LogP contribution >= 0.6 is 0 Å². The highest BCUT2D eigenvalue weighted by molar-refractivity contribution is 5.37. The third-order valence-electron chi connectivity index (χ3n) is 4.13. The monoisotopic (exact) mass is 269 g/mol. The Bertz CT molecular complexity index is 545. The van der Waals surface area contributed by atoms with Gasteiger partial charge in [0.25, 0.3) is 0 Å². The van der Waals surface area contributed by atoms with Gasteiger partial charge in [-0.25, -0.2) is 0 Å². The molecule has 0 spiro atoms.